The minimum atomic E-state index is -3.53. The van der Waals surface area contributed by atoms with Crippen LogP contribution in [0.5, 0.6) is 0 Å². The molecule has 35 heavy (non-hydrogen) atoms. The van der Waals surface area contributed by atoms with Crippen LogP contribution in [-0.2, 0) is 26.1 Å². The number of hydrogen-bond acceptors (Lipinski definition) is 5. The number of benzene rings is 3. The van der Waals surface area contributed by atoms with Crippen LogP contribution >= 0.6 is 0 Å². The Morgan fingerprint density at radius 1 is 0.914 bits per heavy atom. The van der Waals surface area contributed by atoms with E-state index >= 15 is 0 Å². The summed E-state index contributed by atoms with van der Waals surface area (Å²) >= 11 is 0. The van der Waals surface area contributed by atoms with Crippen molar-refractivity contribution in [1.29, 1.82) is 0 Å². The highest BCUT2D eigenvalue weighted by molar-refractivity contribution is 7.89. The molecule has 1 aliphatic heterocycles. The lowest BCUT2D eigenvalue weighted by Crippen LogP contribution is -2.40. The number of carbonyl (C=O) groups is 1. The topological polar surface area (TPSA) is 79.0 Å². The van der Waals surface area contributed by atoms with Gasteiger partial charge in [-0.3, -0.25) is 9.69 Å². The second kappa shape index (κ2) is 11.6. The molecule has 0 aliphatic carbocycles. The van der Waals surface area contributed by atoms with E-state index in [0.717, 1.165) is 16.7 Å². The molecule has 4 rings (SSSR count). The van der Waals surface area contributed by atoms with Gasteiger partial charge in [-0.2, -0.15) is 4.31 Å². The van der Waals surface area contributed by atoms with E-state index < -0.39 is 10.0 Å². The normalized spacial score (nSPS) is 14.8. The van der Waals surface area contributed by atoms with Gasteiger partial charge in [-0.1, -0.05) is 72.8 Å². The van der Waals surface area contributed by atoms with Crippen molar-refractivity contribution in [3.63, 3.8) is 0 Å². The molecular formula is C27H31N3O4S. The Balaban J connectivity index is 1.36. The summed E-state index contributed by atoms with van der Waals surface area (Å²) < 4.78 is 32.2. The van der Waals surface area contributed by atoms with Gasteiger partial charge in [0.25, 0.3) is 0 Å². The van der Waals surface area contributed by atoms with Crippen LogP contribution in [0.2, 0.25) is 0 Å². The maximum Gasteiger partial charge on any atom is 0.243 e. The number of hydrogen-bond donors (Lipinski definition) is 1. The molecule has 184 valence electrons. The van der Waals surface area contributed by atoms with E-state index in [2.05, 4.69) is 29.6 Å². The van der Waals surface area contributed by atoms with Crippen molar-refractivity contribution in [2.75, 3.05) is 39.9 Å². The van der Waals surface area contributed by atoms with E-state index in [9.17, 15) is 13.2 Å². The van der Waals surface area contributed by atoms with E-state index in [1.54, 1.807) is 24.3 Å². The molecule has 0 bridgehead atoms. The Kier molecular flexibility index (Phi) is 8.30. The summed E-state index contributed by atoms with van der Waals surface area (Å²) in [6, 6.07) is 26.9. The molecule has 0 atom stereocenters. The molecule has 1 amide bonds. The van der Waals surface area contributed by atoms with Gasteiger partial charge < -0.3 is 10.1 Å². The fourth-order valence-electron chi connectivity index (χ4n) is 4.26. The Bertz CT molecular complexity index is 1160. The van der Waals surface area contributed by atoms with Gasteiger partial charge in [-0.15, -0.1) is 0 Å². The number of ether oxygens (including phenoxy) is 1. The number of morpholine rings is 1. The van der Waals surface area contributed by atoms with Gasteiger partial charge in [0.1, 0.15) is 0 Å². The van der Waals surface area contributed by atoms with Crippen LogP contribution in [0.15, 0.2) is 89.8 Å². The molecule has 1 saturated heterocycles. The zero-order valence-electron chi connectivity index (χ0n) is 19.8. The van der Waals surface area contributed by atoms with Crippen molar-refractivity contribution in [3.8, 4) is 0 Å². The van der Waals surface area contributed by atoms with Crippen LogP contribution in [0, 0.1) is 0 Å². The molecule has 0 unspecified atom stereocenters. The minimum Gasteiger partial charge on any atom is -0.379 e. The molecular weight excluding hydrogens is 462 g/mol. The molecule has 8 heteroatoms. The molecule has 3 aromatic carbocycles. The highest BCUT2D eigenvalue weighted by atomic mass is 32.2. The first kappa shape index (κ1) is 25.1. The molecule has 3 aromatic rings. The summed E-state index contributed by atoms with van der Waals surface area (Å²) in [7, 11) is -1.59. The summed E-state index contributed by atoms with van der Waals surface area (Å²) in [6.07, 6.45) is 0. The Hall–Kier alpha value is -3.04. The van der Waals surface area contributed by atoms with Gasteiger partial charge in [-0.05, 0) is 35.9 Å². The Morgan fingerprint density at radius 2 is 1.46 bits per heavy atom. The number of rotatable bonds is 9. The SMILES string of the molecule is CN(CC(=O)NCc1ccc(S(=O)(=O)N2CCOCC2)cc1)C(c1ccccc1)c1ccccc1. The van der Waals surface area contributed by atoms with E-state index in [-0.39, 0.29) is 23.4 Å². The molecule has 7 nitrogen and oxygen atoms in total. The fraction of sp³-hybridized carbons (Fsp3) is 0.296. The van der Waals surface area contributed by atoms with Crippen LogP contribution < -0.4 is 5.32 Å². The predicted molar refractivity (Wildman–Crippen MR) is 135 cm³/mol. The number of amides is 1. The van der Waals surface area contributed by atoms with E-state index in [0.29, 0.717) is 32.8 Å². The van der Waals surface area contributed by atoms with Crippen LogP contribution in [0.25, 0.3) is 0 Å². The lowest BCUT2D eigenvalue weighted by atomic mass is 9.97. The molecule has 0 saturated carbocycles. The minimum absolute atomic E-state index is 0.0483. The smallest absolute Gasteiger partial charge is 0.243 e. The van der Waals surface area contributed by atoms with Crippen LogP contribution in [-0.4, -0.2) is 63.4 Å². The lowest BCUT2D eigenvalue weighted by Gasteiger charge is -2.28. The first-order valence-corrected chi connectivity index (χ1v) is 13.1. The number of nitrogens with zero attached hydrogens (tertiary/aromatic N) is 2. The molecule has 0 aromatic heterocycles. The summed E-state index contributed by atoms with van der Waals surface area (Å²) in [4.78, 5) is 15.0. The zero-order chi connectivity index (χ0) is 24.7. The van der Waals surface area contributed by atoms with Gasteiger partial charge in [0.2, 0.25) is 15.9 Å². The molecule has 1 heterocycles. The summed E-state index contributed by atoms with van der Waals surface area (Å²) in [5.41, 5.74) is 3.07. The fourth-order valence-corrected chi connectivity index (χ4v) is 5.67. The van der Waals surface area contributed by atoms with Crippen molar-refractivity contribution in [1.82, 2.24) is 14.5 Å². The van der Waals surface area contributed by atoms with Crippen LogP contribution in [0.1, 0.15) is 22.7 Å². The van der Waals surface area contributed by atoms with Gasteiger partial charge in [-0.25, -0.2) is 8.42 Å². The number of likely N-dealkylation sites (N-methyl/N-ethyl adjacent to an activating group) is 1. The Morgan fingerprint density at radius 3 is 2.00 bits per heavy atom. The summed E-state index contributed by atoms with van der Waals surface area (Å²) in [5.74, 6) is -0.102. The van der Waals surface area contributed by atoms with Crippen molar-refractivity contribution < 1.29 is 17.9 Å². The average molecular weight is 494 g/mol. The van der Waals surface area contributed by atoms with Crippen LogP contribution in [0.4, 0.5) is 0 Å². The standard InChI is InChI=1S/C27H31N3O4S/c1-29(27(23-8-4-2-5-9-23)24-10-6-3-7-11-24)21-26(31)28-20-22-12-14-25(15-13-22)35(32,33)30-16-18-34-19-17-30/h2-15,27H,16-21H2,1H3,(H,28,31). The first-order chi connectivity index (χ1) is 16.9. The van der Waals surface area contributed by atoms with Gasteiger partial charge in [0.15, 0.2) is 0 Å². The highest BCUT2D eigenvalue weighted by Crippen LogP contribution is 2.27. The zero-order valence-corrected chi connectivity index (χ0v) is 20.7. The third-order valence-corrected chi connectivity index (χ3v) is 8.00. The first-order valence-electron chi connectivity index (χ1n) is 11.7. The molecule has 1 aliphatic rings. The molecule has 0 radical (unpaired) electrons. The lowest BCUT2D eigenvalue weighted by molar-refractivity contribution is -0.122. The van der Waals surface area contributed by atoms with Crippen molar-refractivity contribution in [3.05, 3.63) is 102 Å². The molecule has 1 fully saturated rings. The van der Waals surface area contributed by atoms with Crippen molar-refractivity contribution in [2.45, 2.75) is 17.5 Å². The van der Waals surface area contributed by atoms with E-state index in [1.807, 2.05) is 48.3 Å². The average Bonchev–Trinajstić information content (AvgIpc) is 2.89. The largest absolute Gasteiger partial charge is 0.379 e. The number of carbonyl (C=O) groups excluding carboxylic acids is 1. The summed E-state index contributed by atoms with van der Waals surface area (Å²) in [6.45, 7) is 2.09. The number of nitrogens with one attached hydrogen (secondary N) is 1. The highest BCUT2D eigenvalue weighted by Gasteiger charge is 2.26. The van der Waals surface area contributed by atoms with Gasteiger partial charge in [0, 0.05) is 19.6 Å². The maximum absolute atomic E-state index is 12.8. The van der Waals surface area contributed by atoms with E-state index in [4.69, 9.17) is 4.74 Å². The summed E-state index contributed by atoms with van der Waals surface area (Å²) in [5, 5.41) is 2.95. The van der Waals surface area contributed by atoms with Gasteiger partial charge >= 0.3 is 0 Å². The maximum atomic E-state index is 12.8. The second-order valence-electron chi connectivity index (χ2n) is 8.58. The number of sulfonamides is 1. The van der Waals surface area contributed by atoms with Crippen LogP contribution in [0.3, 0.4) is 0 Å². The monoisotopic (exact) mass is 493 g/mol. The van der Waals surface area contributed by atoms with Crippen molar-refractivity contribution >= 4 is 15.9 Å². The quantitative estimate of drug-likeness (QED) is 0.496. The Labute approximate surface area is 207 Å². The predicted octanol–water partition coefficient (Wildman–Crippen LogP) is 3.05. The third kappa shape index (κ3) is 6.35. The molecule has 0 spiro atoms. The second-order valence-corrected chi connectivity index (χ2v) is 10.5. The van der Waals surface area contributed by atoms with Gasteiger partial charge in [0.05, 0.1) is 30.7 Å². The molecule has 1 N–H and O–H groups in total. The van der Waals surface area contributed by atoms with E-state index in [1.165, 1.54) is 4.31 Å². The van der Waals surface area contributed by atoms with Crippen molar-refractivity contribution in [2.24, 2.45) is 0 Å². The third-order valence-electron chi connectivity index (χ3n) is 6.09.